The summed E-state index contributed by atoms with van der Waals surface area (Å²) in [5.74, 6) is 2.24. The molecule has 0 saturated heterocycles. The van der Waals surface area contributed by atoms with Crippen molar-refractivity contribution in [2.75, 3.05) is 19.5 Å². The van der Waals surface area contributed by atoms with Gasteiger partial charge in [-0.1, -0.05) is 0 Å². The molecule has 1 saturated carbocycles. The van der Waals surface area contributed by atoms with Crippen LogP contribution in [-0.2, 0) is 0 Å². The second kappa shape index (κ2) is 3.78. The van der Waals surface area contributed by atoms with Crippen LogP contribution in [0.3, 0.4) is 0 Å². The van der Waals surface area contributed by atoms with E-state index in [2.05, 4.69) is 0 Å². The number of nitrogen functional groups attached to an aromatic ring is 1. The van der Waals surface area contributed by atoms with Crippen molar-refractivity contribution in [1.82, 2.24) is 0 Å². The highest BCUT2D eigenvalue weighted by Crippen LogP contribution is 2.33. The van der Waals surface area contributed by atoms with E-state index in [1.54, 1.807) is 13.2 Å². The first kappa shape index (κ1) is 9.19. The lowest BCUT2D eigenvalue weighted by Gasteiger charge is -2.10. The Labute approximate surface area is 83.8 Å². The number of benzene rings is 1. The number of hydrogen-bond donors (Lipinski definition) is 1. The first-order valence-electron chi connectivity index (χ1n) is 4.86. The molecule has 14 heavy (non-hydrogen) atoms. The van der Waals surface area contributed by atoms with Crippen LogP contribution in [0.5, 0.6) is 11.5 Å². The molecule has 2 rings (SSSR count). The fourth-order valence-corrected chi connectivity index (χ4v) is 1.30. The molecule has 1 aliphatic carbocycles. The van der Waals surface area contributed by atoms with Crippen LogP contribution in [0.25, 0.3) is 0 Å². The predicted molar refractivity (Wildman–Crippen MR) is 55.6 cm³/mol. The van der Waals surface area contributed by atoms with E-state index >= 15 is 0 Å². The summed E-state index contributed by atoms with van der Waals surface area (Å²) in [5, 5.41) is 0. The highest BCUT2D eigenvalue weighted by atomic mass is 16.5. The Bertz CT molecular complexity index is 321. The maximum absolute atomic E-state index is 5.67. The van der Waals surface area contributed by atoms with E-state index < -0.39 is 0 Å². The molecule has 1 fully saturated rings. The molecule has 0 heterocycles. The molecule has 0 aromatic heterocycles. The van der Waals surface area contributed by atoms with Gasteiger partial charge < -0.3 is 15.2 Å². The molecule has 3 nitrogen and oxygen atoms in total. The van der Waals surface area contributed by atoms with Crippen molar-refractivity contribution in [3.63, 3.8) is 0 Å². The number of methoxy groups -OCH3 is 1. The van der Waals surface area contributed by atoms with Gasteiger partial charge >= 0.3 is 0 Å². The minimum absolute atomic E-state index is 0.705. The Hall–Kier alpha value is -1.38. The van der Waals surface area contributed by atoms with Crippen LogP contribution in [0.15, 0.2) is 18.2 Å². The third-order valence-electron chi connectivity index (χ3n) is 2.36. The van der Waals surface area contributed by atoms with Gasteiger partial charge in [0, 0.05) is 11.8 Å². The third kappa shape index (κ3) is 2.10. The summed E-state index contributed by atoms with van der Waals surface area (Å²) >= 11 is 0. The monoisotopic (exact) mass is 193 g/mol. The van der Waals surface area contributed by atoms with E-state index in [9.17, 15) is 0 Å². The lowest BCUT2D eigenvalue weighted by atomic mass is 10.3. The van der Waals surface area contributed by atoms with Crippen molar-refractivity contribution in [2.45, 2.75) is 12.8 Å². The van der Waals surface area contributed by atoms with Crippen molar-refractivity contribution in [3.05, 3.63) is 18.2 Å². The van der Waals surface area contributed by atoms with Crippen LogP contribution in [0, 0.1) is 5.92 Å². The van der Waals surface area contributed by atoms with Gasteiger partial charge in [0.1, 0.15) is 0 Å². The molecule has 0 atom stereocenters. The van der Waals surface area contributed by atoms with Crippen LogP contribution >= 0.6 is 0 Å². The lowest BCUT2D eigenvalue weighted by molar-refractivity contribution is 0.280. The average Bonchev–Trinajstić information content (AvgIpc) is 2.98. The Morgan fingerprint density at radius 3 is 2.79 bits per heavy atom. The van der Waals surface area contributed by atoms with Gasteiger partial charge in [-0.05, 0) is 30.9 Å². The van der Waals surface area contributed by atoms with Gasteiger partial charge in [-0.2, -0.15) is 0 Å². The predicted octanol–water partition coefficient (Wildman–Crippen LogP) is 2.07. The largest absolute Gasteiger partial charge is 0.493 e. The minimum atomic E-state index is 0.705. The number of nitrogens with two attached hydrogens (primary N) is 1. The van der Waals surface area contributed by atoms with Gasteiger partial charge in [0.05, 0.1) is 13.7 Å². The molecule has 3 heteroatoms. The average molecular weight is 193 g/mol. The van der Waals surface area contributed by atoms with Gasteiger partial charge in [0.2, 0.25) is 0 Å². The summed E-state index contributed by atoms with van der Waals surface area (Å²) in [6, 6.07) is 5.45. The molecule has 1 aliphatic rings. The standard InChI is InChI=1S/C11H15NO2/c1-13-10-5-4-9(12)6-11(10)14-7-8-2-3-8/h4-6,8H,2-3,7,12H2,1H3. The molecule has 1 aromatic rings. The Balaban J connectivity index is 2.07. The topological polar surface area (TPSA) is 44.5 Å². The summed E-state index contributed by atoms with van der Waals surface area (Å²) in [6.45, 7) is 0.778. The van der Waals surface area contributed by atoms with E-state index in [1.807, 2.05) is 12.1 Å². The van der Waals surface area contributed by atoms with Crippen LogP contribution in [0.4, 0.5) is 5.69 Å². The quantitative estimate of drug-likeness (QED) is 0.744. The van der Waals surface area contributed by atoms with Gasteiger partial charge in [-0.25, -0.2) is 0 Å². The zero-order valence-electron chi connectivity index (χ0n) is 8.32. The summed E-state index contributed by atoms with van der Waals surface area (Å²) in [7, 11) is 1.63. The Kier molecular flexibility index (Phi) is 2.48. The van der Waals surface area contributed by atoms with E-state index in [-0.39, 0.29) is 0 Å². The summed E-state index contributed by atoms with van der Waals surface area (Å²) in [4.78, 5) is 0. The van der Waals surface area contributed by atoms with Gasteiger partial charge in [0.25, 0.3) is 0 Å². The Morgan fingerprint density at radius 2 is 2.14 bits per heavy atom. The second-order valence-electron chi connectivity index (χ2n) is 3.66. The maximum atomic E-state index is 5.67. The first-order valence-corrected chi connectivity index (χ1v) is 4.86. The maximum Gasteiger partial charge on any atom is 0.163 e. The van der Waals surface area contributed by atoms with E-state index in [0.717, 1.165) is 24.0 Å². The van der Waals surface area contributed by atoms with Crippen molar-refractivity contribution in [1.29, 1.82) is 0 Å². The molecule has 2 N–H and O–H groups in total. The molecular weight excluding hydrogens is 178 g/mol. The first-order chi connectivity index (χ1) is 6.79. The SMILES string of the molecule is COc1ccc(N)cc1OCC1CC1. The fraction of sp³-hybridized carbons (Fsp3) is 0.455. The number of anilines is 1. The minimum Gasteiger partial charge on any atom is -0.493 e. The number of rotatable bonds is 4. The highest BCUT2D eigenvalue weighted by Gasteiger charge is 2.22. The van der Waals surface area contributed by atoms with Crippen molar-refractivity contribution in [3.8, 4) is 11.5 Å². The smallest absolute Gasteiger partial charge is 0.163 e. The van der Waals surface area contributed by atoms with E-state index in [4.69, 9.17) is 15.2 Å². The molecule has 0 bridgehead atoms. The third-order valence-corrected chi connectivity index (χ3v) is 2.36. The molecular formula is C11H15NO2. The zero-order chi connectivity index (χ0) is 9.97. The van der Waals surface area contributed by atoms with Crippen molar-refractivity contribution >= 4 is 5.69 Å². The van der Waals surface area contributed by atoms with Crippen LogP contribution < -0.4 is 15.2 Å². The molecule has 0 amide bonds. The van der Waals surface area contributed by atoms with Crippen LogP contribution in [-0.4, -0.2) is 13.7 Å². The summed E-state index contributed by atoms with van der Waals surface area (Å²) in [5.41, 5.74) is 6.37. The lowest BCUT2D eigenvalue weighted by Crippen LogP contribution is -2.01. The highest BCUT2D eigenvalue weighted by molar-refractivity contribution is 5.51. The van der Waals surface area contributed by atoms with Crippen LogP contribution in [0.1, 0.15) is 12.8 Å². The van der Waals surface area contributed by atoms with Gasteiger partial charge in [0.15, 0.2) is 11.5 Å². The second-order valence-corrected chi connectivity index (χ2v) is 3.66. The molecule has 0 unspecified atom stereocenters. The van der Waals surface area contributed by atoms with Gasteiger partial charge in [-0.3, -0.25) is 0 Å². The number of ether oxygens (including phenoxy) is 2. The molecule has 1 aromatic carbocycles. The zero-order valence-corrected chi connectivity index (χ0v) is 8.32. The van der Waals surface area contributed by atoms with Gasteiger partial charge in [-0.15, -0.1) is 0 Å². The summed E-state index contributed by atoms with van der Waals surface area (Å²) in [6.07, 6.45) is 2.56. The Morgan fingerprint density at radius 1 is 1.36 bits per heavy atom. The summed E-state index contributed by atoms with van der Waals surface area (Å²) < 4.78 is 10.8. The molecule has 0 aliphatic heterocycles. The normalized spacial score (nSPS) is 15.2. The molecule has 76 valence electrons. The van der Waals surface area contributed by atoms with Crippen molar-refractivity contribution < 1.29 is 9.47 Å². The fourth-order valence-electron chi connectivity index (χ4n) is 1.30. The van der Waals surface area contributed by atoms with E-state index in [1.165, 1.54) is 12.8 Å². The molecule has 0 spiro atoms. The molecule has 0 radical (unpaired) electrons. The van der Waals surface area contributed by atoms with Crippen LogP contribution in [0.2, 0.25) is 0 Å². The number of hydrogen-bond acceptors (Lipinski definition) is 3. The van der Waals surface area contributed by atoms with Crippen molar-refractivity contribution in [2.24, 2.45) is 5.92 Å². The van der Waals surface area contributed by atoms with E-state index in [0.29, 0.717) is 5.69 Å².